The third kappa shape index (κ3) is 3.59. The van der Waals surface area contributed by atoms with Crippen LogP contribution in [0.4, 0.5) is 8.78 Å². The second kappa shape index (κ2) is 8.11. The molecular weight excluding hydrogens is 410 g/mol. The molecule has 32 heavy (non-hydrogen) atoms. The second-order valence-electron chi connectivity index (χ2n) is 8.55. The smallest absolute Gasteiger partial charge is 0.181 e. The minimum Gasteiger partial charge on any atom is -0.443 e. The van der Waals surface area contributed by atoms with Crippen LogP contribution < -0.4 is 0 Å². The number of halogens is 2. The minimum atomic E-state index is -0.647. The maximum atomic E-state index is 14.8. The summed E-state index contributed by atoms with van der Waals surface area (Å²) in [6.45, 7) is 1.33. The third-order valence-electron chi connectivity index (χ3n) is 6.19. The first-order chi connectivity index (χ1) is 15.5. The highest BCUT2D eigenvalue weighted by Crippen LogP contribution is 2.46. The number of ether oxygens (including phenoxy) is 1. The van der Waals surface area contributed by atoms with Gasteiger partial charge < -0.3 is 14.1 Å². The van der Waals surface area contributed by atoms with Crippen LogP contribution in [0.25, 0.3) is 22.2 Å². The van der Waals surface area contributed by atoms with E-state index in [1.54, 1.807) is 18.2 Å². The molecule has 0 amide bonds. The van der Waals surface area contributed by atoms with Crippen molar-refractivity contribution in [3.05, 3.63) is 89.3 Å². The number of fused-ring (bicyclic) bond motifs is 2. The lowest BCUT2D eigenvalue weighted by Crippen LogP contribution is -2.28. The molecule has 0 spiro atoms. The summed E-state index contributed by atoms with van der Waals surface area (Å²) in [5, 5.41) is 0. The van der Waals surface area contributed by atoms with Crippen LogP contribution in [0.1, 0.15) is 29.5 Å². The molecule has 1 aromatic heterocycles. The van der Waals surface area contributed by atoms with Gasteiger partial charge in [0, 0.05) is 11.6 Å². The molecule has 0 bridgehead atoms. The highest BCUT2D eigenvalue weighted by atomic mass is 19.1. The number of aromatic nitrogens is 1. The van der Waals surface area contributed by atoms with Crippen molar-refractivity contribution in [1.29, 1.82) is 0 Å². The van der Waals surface area contributed by atoms with E-state index >= 15 is 0 Å². The third-order valence-corrected chi connectivity index (χ3v) is 6.19. The predicted molar refractivity (Wildman–Crippen MR) is 119 cm³/mol. The van der Waals surface area contributed by atoms with Crippen LogP contribution in [0.5, 0.6) is 0 Å². The topological polar surface area (TPSA) is 38.5 Å². The molecule has 0 fully saturated rings. The first-order valence-corrected chi connectivity index (χ1v) is 10.7. The summed E-state index contributed by atoms with van der Waals surface area (Å²) < 4.78 is 40.0. The van der Waals surface area contributed by atoms with Gasteiger partial charge in [0.25, 0.3) is 0 Å². The van der Waals surface area contributed by atoms with Gasteiger partial charge in [-0.05, 0) is 80.0 Å². The van der Waals surface area contributed by atoms with E-state index in [4.69, 9.17) is 9.15 Å². The Morgan fingerprint density at radius 2 is 1.84 bits per heavy atom. The van der Waals surface area contributed by atoms with Gasteiger partial charge in [-0.15, -0.1) is 0 Å². The molecule has 0 radical (unpaired) electrons. The molecule has 1 aliphatic rings. The number of hydrogen-bond acceptors (Lipinski definition) is 4. The van der Waals surface area contributed by atoms with Crippen LogP contribution in [-0.4, -0.2) is 30.5 Å². The quantitative estimate of drug-likeness (QED) is 0.379. The molecule has 6 heteroatoms. The monoisotopic (exact) mass is 434 g/mol. The Bertz CT molecular complexity index is 1270. The molecule has 4 nitrogen and oxygen atoms in total. The fourth-order valence-corrected chi connectivity index (χ4v) is 4.61. The number of hydrogen-bond donors (Lipinski definition) is 0. The van der Waals surface area contributed by atoms with Crippen molar-refractivity contribution in [2.45, 2.75) is 25.0 Å². The van der Waals surface area contributed by atoms with Crippen LogP contribution in [0.2, 0.25) is 0 Å². The lowest BCUT2D eigenvalue weighted by Gasteiger charge is -2.31. The largest absolute Gasteiger partial charge is 0.443 e. The van der Waals surface area contributed by atoms with E-state index in [2.05, 4.69) is 9.88 Å². The molecule has 0 N–H and O–H groups in total. The van der Waals surface area contributed by atoms with Crippen LogP contribution in [0.3, 0.4) is 0 Å². The number of benzene rings is 3. The predicted octanol–water partition coefficient (Wildman–Crippen LogP) is 5.89. The van der Waals surface area contributed by atoms with Crippen LogP contribution in [0, 0.1) is 11.6 Å². The van der Waals surface area contributed by atoms with Crippen LogP contribution in [-0.2, 0) is 16.9 Å². The van der Waals surface area contributed by atoms with E-state index in [9.17, 15) is 8.78 Å². The lowest BCUT2D eigenvalue weighted by molar-refractivity contribution is -0.0140. The van der Waals surface area contributed by atoms with Gasteiger partial charge in [0.2, 0.25) is 0 Å². The normalized spacial score (nSPS) is 17.9. The number of rotatable bonds is 6. The molecular formula is C26H24F2N2O2. The average Bonchev–Trinajstić information content (AvgIpc) is 3.38. The highest BCUT2D eigenvalue weighted by molar-refractivity contribution is 5.81. The standard InChI is InChI=1S/C26H24F2N2O2/c1-30(2)11-3-10-26(19-5-7-20(27)8-6-19)22-9-4-17(12-18(22)15-32-26)21-13-24-25(14-23(21)28)31-16-29-24/h4-9,12-14,16H,3,10-11,15H2,1-2H3. The Labute approximate surface area is 185 Å². The van der Waals surface area contributed by atoms with Gasteiger partial charge in [0.15, 0.2) is 12.0 Å². The lowest BCUT2D eigenvalue weighted by atomic mass is 9.81. The fraction of sp³-hybridized carbons (Fsp3) is 0.269. The van der Waals surface area contributed by atoms with E-state index in [1.165, 1.54) is 24.6 Å². The van der Waals surface area contributed by atoms with E-state index in [0.29, 0.717) is 23.3 Å². The molecule has 2 heterocycles. The van der Waals surface area contributed by atoms with Gasteiger partial charge in [0.05, 0.1) is 6.61 Å². The molecule has 3 aromatic carbocycles. The SMILES string of the molecule is CN(C)CCCC1(c2ccc(F)cc2)OCc2cc(-c3cc4ncoc4cc3F)ccc21. The molecule has 1 unspecified atom stereocenters. The zero-order valence-electron chi connectivity index (χ0n) is 18.1. The summed E-state index contributed by atoms with van der Waals surface area (Å²) in [6, 6.07) is 15.5. The summed E-state index contributed by atoms with van der Waals surface area (Å²) >= 11 is 0. The highest BCUT2D eigenvalue weighted by Gasteiger charge is 2.41. The first-order valence-electron chi connectivity index (χ1n) is 10.7. The summed E-state index contributed by atoms with van der Waals surface area (Å²) in [5.74, 6) is -0.631. The molecule has 0 saturated carbocycles. The Balaban J connectivity index is 1.56. The summed E-state index contributed by atoms with van der Waals surface area (Å²) in [5.41, 5.74) is 4.62. The Hall–Kier alpha value is -3.09. The van der Waals surface area contributed by atoms with Crippen LogP contribution >= 0.6 is 0 Å². The zero-order chi connectivity index (χ0) is 22.3. The Kier molecular flexibility index (Phi) is 5.27. The van der Waals surface area contributed by atoms with Crippen molar-refractivity contribution in [2.75, 3.05) is 20.6 Å². The fourth-order valence-electron chi connectivity index (χ4n) is 4.61. The average molecular weight is 434 g/mol. The maximum absolute atomic E-state index is 14.8. The van der Waals surface area contributed by atoms with E-state index in [0.717, 1.165) is 41.6 Å². The van der Waals surface area contributed by atoms with E-state index in [-0.39, 0.29) is 11.6 Å². The Morgan fingerprint density at radius 1 is 1.03 bits per heavy atom. The Morgan fingerprint density at radius 3 is 2.62 bits per heavy atom. The van der Waals surface area contributed by atoms with Gasteiger partial charge in [0.1, 0.15) is 22.8 Å². The first kappa shape index (κ1) is 20.8. The van der Waals surface area contributed by atoms with Crippen molar-refractivity contribution in [3.8, 4) is 11.1 Å². The van der Waals surface area contributed by atoms with Gasteiger partial charge in [-0.1, -0.05) is 24.3 Å². The van der Waals surface area contributed by atoms with Gasteiger partial charge in [-0.25, -0.2) is 13.8 Å². The molecule has 4 aromatic rings. The van der Waals surface area contributed by atoms with E-state index < -0.39 is 5.60 Å². The second-order valence-corrected chi connectivity index (χ2v) is 8.55. The van der Waals surface area contributed by atoms with Crippen molar-refractivity contribution in [2.24, 2.45) is 0 Å². The van der Waals surface area contributed by atoms with Gasteiger partial charge in [-0.2, -0.15) is 0 Å². The van der Waals surface area contributed by atoms with E-state index in [1.807, 2.05) is 32.3 Å². The minimum absolute atomic E-state index is 0.274. The summed E-state index contributed by atoms with van der Waals surface area (Å²) in [7, 11) is 4.08. The molecule has 164 valence electrons. The zero-order valence-corrected chi connectivity index (χ0v) is 18.1. The number of nitrogens with zero attached hydrogens (tertiary/aromatic N) is 2. The molecule has 1 atom stereocenters. The summed E-state index contributed by atoms with van der Waals surface area (Å²) in [6.07, 6.45) is 3.00. The van der Waals surface area contributed by atoms with Crippen molar-refractivity contribution in [3.63, 3.8) is 0 Å². The van der Waals surface area contributed by atoms with Crippen molar-refractivity contribution >= 4 is 11.1 Å². The molecule has 5 rings (SSSR count). The molecule has 1 aliphatic heterocycles. The van der Waals surface area contributed by atoms with Crippen molar-refractivity contribution in [1.82, 2.24) is 9.88 Å². The summed E-state index contributed by atoms with van der Waals surface area (Å²) in [4.78, 5) is 6.28. The molecule has 0 saturated heterocycles. The van der Waals surface area contributed by atoms with Crippen molar-refractivity contribution < 1.29 is 17.9 Å². The number of oxazole rings is 1. The van der Waals surface area contributed by atoms with Gasteiger partial charge in [-0.3, -0.25) is 0 Å². The van der Waals surface area contributed by atoms with Gasteiger partial charge >= 0.3 is 0 Å². The maximum Gasteiger partial charge on any atom is 0.181 e. The van der Waals surface area contributed by atoms with Crippen LogP contribution in [0.15, 0.2) is 65.4 Å². The molecule has 0 aliphatic carbocycles.